The highest BCUT2D eigenvalue weighted by molar-refractivity contribution is 6.30. The predicted molar refractivity (Wildman–Crippen MR) is 88.5 cm³/mol. The van der Waals surface area contributed by atoms with Crippen LogP contribution in [0.25, 0.3) is 21.5 Å². The van der Waals surface area contributed by atoms with E-state index in [-0.39, 0.29) is 18.4 Å². The lowest BCUT2D eigenvalue weighted by Gasteiger charge is -2.31. The molecule has 0 radical (unpaired) electrons. The molecule has 1 N–H and O–H groups in total. The fourth-order valence-electron chi connectivity index (χ4n) is 3.35. The molecule has 23 heavy (non-hydrogen) atoms. The monoisotopic (exact) mass is 305 g/mol. The first-order valence-corrected chi connectivity index (χ1v) is 7.56. The molecule has 1 heterocycles. The third kappa shape index (κ3) is 1.82. The lowest BCUT2D eigenvalue weighted by molar-refractivity contribution is 0.0493. The van der Waals surface area contributed by atoms with Gasteiger partial charge in [0.1, 0.15) is 0 Å². The molecule has 1 aliphatic heterocycles. The number of fused-ring (bicyclic) bond motifs is 2. The number of carbonyl (C=O) groups is 2. The lowest BCUT2D eigenvalue weighted by atomic mass is 9.89. The molecule has 0 aromatic heterocycles. The Morgan fingerprint density at radius 3 is 2.52 bits per heavy atom. The Morgan fingerprint density at radius 1 is 1.00 bits per heavy atom. The van der Waals surface area contributed by atoms with Gasteiger partial charge >= 0.3 is 0 Å². The second kappa shape index (κ2) is 4.89. The number of amides is 2. The summed E-state index contributed by atoms with van der Waals surface area (Å²) in [6.07, 6.45) is 0. The summed E-state index contributed by atoms with van der Waals surface area (Å²) in [7, 11) is 0. The van der Waals surface area contributed by atoms with Crippen LogP contribution in [0.5, 0.6) is 0 Å². The molecule has 2 amide bonds. The van der Waals surface area contributed by atoms with E-state index in [9.17, 15) is 14.7 Å². The molecular weight excluding hydrogens is 290 g/mol. The number of hydrogen-bond acceptors (Lipinski definition) is 3. The van der Waals surface area contributed by atoms with E-state index in [1.54, 1.807) is 13.0 Å². The van der Waals surface area contributed by atoms with Gasteiger partial charge in [0.2, 0.25) is 0 Å². The molecule has 0 saturated heterocycles. The van der Waals surface area contributed by atoms with Crippen LogP contribution in [-0.2, 0) is 0 Å². The number of imide groups is 1. The van der Waals surface area contributed by atoms with Gasteiger partial charge in [-0.25, -0.2) is 0 Å². The van der Waals surface area contributed by atoms with Crippen molar-refractivity contribution in [2.75, 3.05) is 6.61 Å². The Bertz CT molecular complexity index is 977. The molecule has 1 unspecified atom stereocenters. The second-order valence-electron chi connectivity index (χ2n) is 5.89. The maximum Gasteiger partial charge on any atom is 0.262 e. The minimum atomic E-state index is -0.558. The van der Waals surface area contributed by atoms with E-state index in [0.717, 1.165) is 16.2 Å². The number of aliphatic hydroxyl groups is 1. The molecule has 1 atom stereocenters. The Labute approximate surface area is 132 Å². The minimum absolute atomic E-state index is 0.256. The van der Waals surface area contributed by atoms with Gasteiger partial charge in [0.25, 0.3) is 11.8 Å². The second-order valence-corrected chi connectivity index (χ2v) is 5.89. The van der Waals surface area contributed by atoms with Gasteiger partial charge < -0.3 is 5.11 Å². The summed E-state index contributed by atoms with van der Waals surface area (Å²) in [5.41, 5.74) is 1.07. The van der Waals surface area contributed by atoms with Crippen molar-refractivity contribution in [2.24, 2.45) is 0 Å². The summed E-state index contributed by atoms with van der Waals surface area (Å²) in [6.45, 7) is 1.42. The molecule has 114 valence electrons. The van der Waals surface area contributed by atoms with E-state index in [2.05, 4.69) is 0 Å². The van der Waals surface area contributed by atoms with E-state index in [1.165, 1.54) is 4.90 Å². The highest BCUT2D eigenvalue weighted by Crippen LogP contribution is 2.36. The van der Waals surface area contributed by atoms with Crippen LogP contribution in [0, 0.1) is 0 Å². The Hall–Kier alpha value is -2.72. The van der Waals surface area contributed by atoms with Crippen molar-refractivity contribution in [1.29, 1.82) is 0 Å². The van der Waals surface area contributed by atoms with Crippen molar-refractivity contribution in [1.82, 2.24) is 4.90 Å². The molecule has 3 aromatic rings. The number of carbonyl (C=O) groups excluding carboxylic acids is 2. The van der Waals surface area contributed by atoms with Gasteiger partial charge in [-0.05, 0) is 35.2 Å². The molecule has 4 heteroatoms. The van der Waals surface area contributed by atoms with Crippen LogP contribution in [0.3, 0.4) is 0 Å². The first-order valence-electron chi connectivity index (χ1n) is 7.56. The van der Waals surface area contributed by atoms with Gasteiger partial charge in [-0.3, -0.25) is 14.5 Å². The van der Waals surface area contributed by atoms with Gasteiger partial charge in [0.15, 0.2) is 0 Å². The van der Waals surface area contributed by atoms with E-state index in [0.29, 0.717) is 16.5 Å². The zero-order chi connectivity index (χ0) is 16.1. The molecule has 0 bridgehead atoms. The maximum atomic E-state index is 13.0. The topological polar surface area (TPSA) is 57.6 Å². The smallest absolute Gasteiger partial charge is 0.262 e. The molecular formula is C19H15NO3. The molecule has 0 fully saturated rings. The number of aliphatic hydroxyl groups excluding tert-OH is 1. The fourth-order valence-corrected chi connectivity index (χ4v) is 3.35. The van der Waals surface area contributed by atoms with Gasteiger partial charge in [-0.1, -0.05) is 36.4 Å². The van der Waals surface area contributed by atoms with Crippen molar-refractivity contribution in [2.45, 2.75) is 13.0 Å². The summed E-state index contributed by atoms with van der Waals surface area (Å²) in [6, 6.07) is 14.6. The van der Waals surface area contributed by atoms with E-state index < -0.39 is 6.04 Å². The van der Waals surface area contributed by atoms with E-state index in [4.69, 9.17) is 0 Å². The number of hydrogen-bond donors (Lipinski definition) is 1. The lowest BCUT2D eigenvalue weighted by Crippen LogP contribution is -2.47. The molecule has 3 aromatic carbocycles. The summed E-state index contributed by atoms with van der Waals surface area (Å²) in [5.74, 6) is -0.679. The summed E-state index contributed by atoms with van der Waals surface area (Å²) in [5, 5.41) is 12.8. The summed E-state index contributed by atoms with van der Waals surface area (Å²) >= 11 is 0. The fraction of sp³-hybridized carbons (Fsp3) is 0.158. The van der Waals surface area contributed by atoms with Crippen LogP contribution < -0.4 is 0 Å². The first kappa shape index (κ1) is 13.9. The van der Waals surface area contributed by atoms with E-state index >= 15 is 0 Å². The van der Waals surface area contributed by atoms with Crippen LogP contribution in [0.2, 0.25) is 0 Å². The van der Waals surface area contributed by atoms with E-state index in [1.807, 2.05) is 42.5 Å². The zero-order valence-corrected chi connectivity index (χ0v) is 12.6. The number of rotatable bonds is 2. The van der Waals surface area contributed by atoms with Crippen molar-refractivity contribution in [3.63, 3.8) is 0 Å². The highest BCUT2D eigenvalue weighted by Gasteiger charge is 2.36. The SMILES string of the molecule is CC(CO)N1C(=O)c2cccc3cc4ccccc4c(c23)C1=O. The highest BCUT2D eigenvalue weighted by atomic mass is 16.3. The van der Waals surface area contributed by atoms with Crippen LogP contribution in [-0.4, -0.2) is 34.5 Å². The minimum Gasteiger partial charge on any atom is -0.394 e. The molecule has 0 saturated carbocycles. The Morgan fingerprint density at radius 2 is 1.74 bits per heavy atom. The third-order valence-corrected chi connectivity index (χ3v) is 4.47. The van der Waals surface area contributed by atoms with Gasteiger partial charge in [-0.2, -0.15) is 0 Å². The quantitative estimate of drug-likeness (QED) is 0.585. The largest absolute Gasteiger partial charge is 0.394 e. The van der Waals surface area contributed by atoms with Crippen molar-refractivity contribution < 1.29 is 14.7 Å². The van der Waals surface area contributed by atoms with Gasteiger partial charge in [0, 0.05) is 10.9 Å². The molecule has 0 aliphatic carbocycles. The summed E-state index contributed by atoms with van der Waals surface area (Å²) in [4.78, 5) is 26.9. The zero-order valence-electron chi connectivity index (χ0n) is 12.6. The van der Waals surface area contributed by atoms with Crippen LogP contribution in [0.1, 0.15) is 27.6 Å². The Balaban J connectivity index is 2.17. The van der Waals surface area contributed by atoms with Crippen LogP contribution in [0.15, 0.2) is 48.5 Å². The first-order chi connectivity index (χ1) is 11.1. The number of benzene rings is 3. The van der Waals surface area contributed by atoms with Crippen molar-refractivity contribution in [3.8, 4) is 0 Å². The Kier molecular flexibility index (Phi) is 2.96. The maximum absolute atomic E-state index is 13.0. The normalized spacial score (nSPS) is 15.5. The average Bonchev–Trinajstić information content (AvgIpc) is 2.57. The van der Waals surface area contributed by atoms with Gasteiger partial charge in [0.05, 0.1) is 18.2 Å². The van der Waals surface area contributed by atoms with Crippen LogP contribution in [0.4, 0.5) is 0 Å². The standard InChI is InChI=1S/C19H15NO3/c1-11(10-21)20-18(22)15-8-4-6-13-9-12-5-2-3-7-14(12)17(16(13)15)19(20)23/h2-9,11,21H,10H2,1H3. The molecule has 1 aliphatic rings. The molecule has 4 nitrogen and oxygen atoms in total. The van der Waals surface area contributed by atoms with Crippen molar-refractivity contribution >= 4 is 33.4 Å². The molecule has 4 rings (SSSR count). The average molecular weight is 305 g/mol. The van der Waals surface area contributed by atoms with Crippen molar-refractivity contribution in [3.05, 3.63) is 59.7 Å². The summed E-state index contributed by atoms with van der Waals surface area (Å²) < 4.78 is 0. The van der Waals surface area contributed by atoms with Gasteiger partial charge in [-0.15, -0.1) is 0 Å². The van der Waals surface area contributed by atoms with Crippen LogP contribution >= 0.6 is 0 Å². The number of nitrogens with zero attached hydrogens (tertiary/aromatic N) is 1. The molecule has 0 spiro atoms. The third-order valence-electron chi connectivity index (χ3n) is 4.47. The predicted octanol–water partition coefficient (Wildman–Crippen LogP) is 2.97.